The van der Waals surface area contributed by atoms with Crippen molar-refractivity contribution in [3.05, 3.63) is 131 Å². The number of phosphoric acid groups is 2. The van der Waals surface area contributed by atoms with Crippen LogP contribution in [-0.2, 0) is 9.13 Å². The molecule has 4 N–H and O–H groups in total. The van der Waals surface area contributed by atoms with Crippen LogP contribution in [0.5, 0.6) is 11.5 Å². The molecule has 39 heavy (non-hydrogen) atoms. The molecule has 198 valence electrons. The molecule has 4 aromatic rings. The van der Waals surface area contributed by atoms with Gasteiger partial charge in [-0.3, -0.25) is 29.2 Å². The van der Waals surface area contributed by atoms with E-state index in [0.717, 1.165) is 0 Å². The number of carbonyl (C=O) groups is 2. The monoisotopic (exact) mass is 580 g/mol. The number of carbonyl (C=O) groups excluding carboxylic acids is 2. The first kappa shape index (κ1) is 32.3. The molecule has 0 bridgehead atoms. The fraction of sp³-hybridized carbons (Fsp3) is 0. The summed E-state index contributed by atoms with van der Waals surface area (Å²) in [5.74, 6) is -0.303. The molecule has 0 aliphatic carbocycles. The summed E-state index contributed by atoms with van der Waals surface area (Å²) in [6.45, 7) is 0. The fourth-order valence-corrected chi connectivity index (χ4v) is 3.91. The van der Waals surface area contributed by atoms with Gasteiger partial charge in [-0.15, -0.1) is 0 Å². The molecule has 13 heteroatoms. The SMILES string of the molecule is O=C(c1ccccc1)c1ccc(OP(=O)(O)O)cc1.O=C(c1ccccc1)c1ccc(OP(=O)(O)O)cc1.[NaH]. The van der Waals surface area contributed by atoms with Gasteiger partial charge in [0.05, 0.1) is 0 Å². The van der Waals surface area contributed by atoms with Gasteiger partial charge in [-0.25, -0.2) is 9.13 Å². The van der Waals surface area contributed by atoms with E-state index in [-0.39, 0.29) is 52.6 Å². The van der Waals surface area contributed by atoms with Gasteiger partial charge in [0.15, 0.2) is 11.6 Å². The molecule has 10 nitrogen and oxygen atoms in total. The number of hydrogen-bond donors (Lipinski definition) is 4. The Morgan fingerprint density at radius 3 is 0.974 bits per heavy atom. The van der Waals surface area contributed by atoms with Gasteiger partial charge in [-0.05, 0) is 48.5 Å². The number of rotatable bonds is 8. The van der Waals surface area contributed by atoms with E-state index in [0.29, 0.717) is 22.3 Å². The van der Waals surface area contributed by atoms with Crippen LogP contribution in [0.4, 0.5) is 0 Å². The van der Waals surface area contributed by atoms with Crippen LogP contribution in [0.3, 0.4) is 0 Å². The summed E-state index contributed by atoms with van der Waals surface area (Å²) in [4.78, 5) is 58.7. The Labute approximate surface area is 246 Å². The van der Waals surface area contributed by atoms with E-state index in [1.165, 1.54) is 48.5 Å². The van der Waals surface area contributed by atoms with Crippen LogP contribution < -0.4 is 9.05 Å². The van der Waals surface area contributed by atoms with Gasteiger partial charge in [-0.2, -0.15) is 0 Å². The molecule has 0 aliphatic rings. The number of phosphoric ester groups is 2. The zero-order chi connectivity index (χ0) is 27.8. The zero-order valence-electron chi connectivity index (χ0n) is 19.5. The molecule has 0 aliphatic heterocycles. The van der Waals surface area contributed by atoms with E-state index in [4.69, 9.17) is 19.6 Å². The molecule has 0 fully saturated rings. The van der Waals surface area contributed by atoms with Crippen molar-refractivity contribution in [2.24, 2.45) is 0 Å². The molecule has 4 rings (SSSR count). The van der Waals surface area contributed by atoms with Crippen molar-refractivity contribution in [2.45, 2.75) is 0 Å². The molecule has 0 amide bonds. The van der Waals surface area contributed by atoms with Gasteiger partial charge < -0.3 is 9.05 Å². The van der Waals surface area contributed by atoms with Crippen molar-refractivity contribution >= 4 is 56.8 Å². The summed E-state index contributed by atoms with van der Waals surface area (Å²) < 4.78 is 30.1. The second-order valence-electron chi connectivity index (χ2n) is 7.60. The Balaban J connectivity index is 0.000000267. The van der Waals surface area contributed by atoms with Gasteiger partial charge in [-0.1, -0.05) is 60.7 Å². The van der Waals surface area contributed by atoms with E-state index in [1.54, 1.807) is 48.5 Å². The van der Waals surface area contributed by atoms with Crippen molar-refractivity contribution in [3.8, 4) is 11.5 Å². The van der Waals surface area contributed by atoms with Gasteiger partial charge in [0.1, 0.15) is 11.5 Å². The van der Waals surface area contributed by atoms with Crippen molar-refractivity contribution in [3.63, 3.8) is 0 Å². The molecular formula is C26H23NaO10P2. The first-order valence-electron chi connectivity index (χ1n) is 10.8. The molecule has 0 atom stereocenters. The van der Waals surface area contributed by atoms with E-state index in [1.807, 2.05) is 12.1 Å². The molecule has 0 radical (unpaired) electrons. The quantitative estimate of drug-likeness (QED) is 0.135. The molecule has 0 aromatic heterocycles. The summed E-state index contributed by atoms with van der Waals surface area (Å²) in [5.41, 5.74) is 1.94. The maximum absolute atomic E-state index is 12.0. The number of ketones is 2. The molecule has 0 heterocycles. The van der Waals surface area contributed by atoms with Crippen LogP contribution in [-0.4, -0.2) is 60.7 Å². The fourth-order valence-electron chi connectivity index (χ4n) is 3.12. The Kier molecular flexibility index (Phi) is 12.0. The molecular weight excluding hydrogens is 557 g/mol. The number of benzene rings is 4. The minimum absolute atomic E-state index is 0. The maximum atomic E-state index is 12.0. The Bertz CT molecular complexity index is 1350. The third-order valence-corrected chi connectivity index (χ3v) is 5.65. The second-order valence-corrected chi connectivity index (χ2v) is 9.93. The van der Waals surface area contributed by atoms with Crippen molar-refractivity contribution in [1.82, 2.24) is 0 Å². The van der Waals surface area contributed by atoms with Gasteiger partial charge in [0.2, 0.25) is 0 Å². The standard InChI is InChI=1S/2C13H11O5P.Na.H/c2*14-13(10-4-2-1-3-5-10)11-6-8-12(9-7-11)18-19(15,16)17;;/h2*1-9H,(H2,15,16,17);;. The van der Waals surface area contributed by atoms with E-state index >= 15 is 0 Å². The summed E-state index contributed by atoms with van der Waals surface area (Å²) in [6.07, 6.45) is 0. The van der Waals surface area contributed by atoms with Gasteiger partial charge in [0, 0.05) is 22.3 Å². The van der Waals surface area contributed by atoms with Gasteiger partial charge >= 0.3 is 45.2 Å². The average molecular weight is 580 g/mol. The Hall–Kier alpha value is -2.88. The van der Waals surface area contributed by atoms with Crippen LogP contribution in [0.15, 0.2) is 109 Å². The third kappa shape index (κ3) is 11.0. The summed E-state index contributed by atoms with van der Waals surface area (Å²) >= 11 is 0. The van der Waals surface area contributed by atoms with Crippen molar-refractivity contribution < 1.29 is 47.3 Å². The summed E-state index contributed by atoms with van der Waals surface area (Å²) in [7, 11) is -9.14. The van der Waals surface area contributed by atoms with Crippen LogP contribution in [0.25, 0.3) is 0 Å². The van der Waals surface area contributed by atoms with Crippen LogP contribution in [0.2, 0.25) is 0 Å². The Morgan fingerprint density at radius 2 is 0.718 bits per heavy atom. The molecule has 0 spiro atoms. The first-order valence-corrected chi connectivity index (χ1v) is 13.9. The topological polar surface area (TPSA) is 168 Å². The van der Waals surface area contributed by atoms with Crippen LogP contribution in [0.1, 0.15) is 31.8 Å². The van der Waals surface area contributed by atoms with E-state index in [2.05, 4.69) is 9.05 Å². The number of hydrogen-bond acceptors (Lipinski definition) is 6. The molecule has 0 saturated carbocycles. The average Bonchev–Trinajstić information content (AvgIpc) is 2.88. The Morgan fingerprint density at radius 1 is 0.462 bits per heavy atom. The third-order valence-electron chi connectivity index (χ3n) is 4.75. The van der Waals surface area contributed by atoms with Crippen molar-refractivity contribution in [1.29, 1.82) is 0 Å². The predicted molar refractivity (Wildman–Crippen MR) is 145 cm³/mol. The van der Waals surface area contributed by atoms with E-state index < -0.39 is 15.6 Å². The second kappa shape index (κ2) is 14.5. The first-order chi connectivity index (χ1) is 17.9. The predicted octanol–water partition coefficient (Wildman–Crippen LogP) is 4.13. The van der Waals surface area contributed by atoms with E-state index in [9.17, 15) is 18.7 Å². The van der Waals surface area contributed by atoms with Gasteiger partial charge in [0.25, 0.3) is 0 Å². The van der Waals surface area contributed by atoms with Crippen LogP contribution in [0, 0.1) is 0 Å². The summed E-state index contributed by atoms with van der Waals surface area (Å²) in [5, 5.41) is 0. The van der Waals surface area contributed by atoms with Crippen molar-refractivity contribution in [2.75, 3.05) is 0 Å². The minimum atomic E-state index is -4.57. The zero-order valence-corrected chi connectivity index (χ0v) is 21.3. The summed E-state index contributed by atoms with van der Waals surface area (Å²) in [6, 6.07) is 28.7. The molecule has 0 unspecified atom stereocenters. The molecule has 4 aromatic carbocycles. The normalized spacial score (nSPS) is 10.8. The molecule has 0 saturated heterocycles. The van der Waals surface area contributed by atoms with Crippen LogP contribution >= 0.6 is 15.6 Å².